The van der Waals surface area contributed by atoms with Crippen LogP contribution >= 0.6 is 0 Å². The van der Waals surface area contributed by atoms with E-state index >= 15 is 0 Å². The number of aryl methyl sites for hydroxylation is 2. The molecule has 0 radical (unpaired) electrons. The predicted octanol–water partition coefficient (Wildman–Crippen LogP) is 8.92. The first-order valence-electron chi connectivity index (χ1n) is 14.0. The van der Waals surface area contributed by atoms with Crippen molar-refractivity contribution < 1.29 is 13.9 Å². The third-order valence-corrected chi connectivity index (χ3v) is 6.67. The summed E-state index contributed by atoms with van der Waals surface area (Å²) < 4.78 is 20.2. The van der Waals surface area contributed by atoms with Crippen LogP contribution in [0.3, 0.4) is 0 Å². The Labute approximate surface area is 221 Å². The van der Waals surface area contributed by atoms with Crippen LogP contribution in [0.25, 0.3) is 11.4 Å². The number of nitrogens with zero attached hydrogens (tertiary/aromatic N) is 2. The highest BCUT2D eigenvalue weighted by Gasteiger charge is 2.13. The van der Waals surface area contributed by atoms with Crippen LogP contribution in [0.15, 0.2) is 54.9 Å². The second-order valence-electron chi connectivity index (χ2n) is 9.82. The minimum atomic E-state index is -0.521. The summed E-state index contributed by atoms with van der Waals surface area (Å²) in [5.41, 5.74) is 3.00. The second kappa shape index (κ2) is 15.9. The largest absolute Gasteiger partial charge is 0.423 e. The first-order valence-corrected chi connectivity index (χ1v) is 14.0. The van der Waals surface area contributed by atoms with Crippen molar-refractivity contribution in [3.8, 4) is 17.1 Å². The molecule has 0 saturated carbocycles. The van der Waals surface area contributed by atoms with Crippen molar-refractivity contribution in [1.29, 1.82) is 0 Å². The highest BCUT2D eigenvalue weighted by atomic mass is 19.1. The zero-order valence-electron chi connectivity index (χ0n) is 22.5. The molecular formula is C32H41FN2O2. The molecule has 0 aliphatic carbocycles. The lowest BCUT2D eigenvalue weighted by Crippen LogP contribution is -2.09. The first kappa shape index (κ1) is 28.5. The van der Waals surface area contributed by atoms with E-state index in [0.717, 1.165) is 31.2 Å². The van der Waals surface area contributed by atoms with Gasteiger partial charge in [-0.25, -0.2) is 19.2 Å². The first-order chi connectivity index (χ1) is 18.1. The maximum absolute atomic E-state index is 14.8. The molecule has 3 aromatic rings. The van der Waals surface area contributed by atoms with E-state index in [4.69, 9.17) is 4.74 Å². The molecule has 198 valence electrons. The van der Waals surface area contributed by atoms with E-state index in [9.17, 15) is 9.18 Å². The molecule has 5 heteroatoms. The normalized spacial score (nSPS) is 11.0. The molecule has 0 spiro atoms. The van der Waals surface area contributed by atoms with Gasteiger partial charge in [-0.3, -0.25) is 0 Å². The smallest absolute Gasteiger partial charge is 0.343 e. The van der Waals surface area contributed by atoms with Crippen molar-refractivity contribution >= 4 is 5.97 Å². The third-order valence-electron chi connectivity index (χ3n) is 6.67. The summed E-state index contributed by atoms with van der Waals surface area (Å²) in [4.78, 5) is 21.3. The molecule has 0 aliphatic rings. The lowest BCUT2D eigenvalue weighted by atomic mass is 10.1. The zero-order valence-corrected chi connectivity index (χ0v) is 22.5. The third kappa shape index (κ3) is 9.71. The molecule has 3 rings (SSSR count). The molecule has 4 nitrogen and oxygen atoms in total. The Morgan fingerprint density at radius 3 is 1.95 bits per heavy atom. The molecule has 0 bridgehead atoms. The summed E-state index contributed by atoms with van der Waals surface area (Å²) in [7, 11) is 0. The van der Waals surface area contributed by atoms with Crippen LogP contribution in [0.5, 0.6) is 5.75 Å². The van der Waals surface area contributed by atoms with Gasteiger partial charge in [-0.15, -0.1) is 0 Å². The van der Waals surface area contributed by atoms with E-state index in [2.05, 4.69) is 23.8 Å². The average molecular weight is 505 g/mol. The van der Waals surface area contributed by atoms with Gasteiger partial charge in [0, 0.05) is 18.5 Å². The molecule has 0 N–H and O–H groups in total. The number of esters is 1. The van der Waals surface area contributed by atoms with Crippen LogP contribution in [0.2, 0.25) is 0 Å². The van der Waals surface area contributed by atoms with Crippen LogP contribution < -0.4 is 4.74 Å². The fraction of sp³-hybridized carbons (Fsp3) is 0.469. The molecule has 0 fully saturated rings. The minimum Gasteiger partial charge on any atom is -0.423 e. The molecule has 0 saturated heterocycles. The van der Waals surface area contributed by atoms with E-state index in [1.807, 2.05) is 12.1 Å². The summed E-state index contributed by atoms with van der Waals surface area (Å²) in [6.45, 7) is 4.42. The summed E-state index contributed by atoms with van der Waals surface area (Å²) >= 11 is 0. The summed E-state index contributed by atoms with van der Waals surface area (Å²) in [6.07, 6.45) is 19.2. The number of carbonyl (C=O) groups excluding carboxylic acids is 1. The summed E-state index contributed by atoms with van der Waals surface area (Å²) in [5, 5.41) is 0. The number of ether oxygens (including phenoxy) is 1. The van der Waals surface area contributed by atoms with Crippen LogP contribution in [0, 0.1) is 5.82 Å². The van der Waals surface area contributed by atoms with Gasteiger partial charge in [-0.2, -0.15) is 0 Å². The highest BCUT2D eigenvalue weighted by molar-refractivity contribution is 5.91. The number of unbranched alkanes of at least 4 members (excludes halogenated alkanes) is 9. The number of benzene rings is 2. The summed E-state index contributed by atoms with van der Waals surface area (Å²) in [5.74, 6) is -0.542. The fourth-order valence-corrected chi connectivity index (χ4v) is 4.38. The molecule has 0 amide bonds. The Bertz CT molecular complexity index is 1080. The molecule has 1 aromatic heterocycles. The quantitative estimate of drug-likeness (QED) is 0.111. The number of halogens is 1. The molecule has 0 aliphatic heterocycles. The Morgan fingerprint density at radius 2 is 1.30 bits per heavy atom. The number of hydrogen-bond acceptors (Lipinski definition) is 4. The Morgan fingerprint density at radius 1 is 0.730 bits per heavy atom. The lowest BCUT2D eigenvalue weighted by Gasteiger charge is -2.08. The number of carbonyl (C=O) groups is 1. The van der Waals surface area contributed by atoms with E-state index in [1.165, 1.54) is 69.4 Å². The van der Waals surface area contributed by atoms with Crippen molar-refractivity contribution in [2.75, 3.05) is 0 Å². The fourth-order valence-electron chi connectivity index (χ4n) is 4.38. The maximum atomic E-state index is 14.8. The second-order valence-corrected chi connectivity index (χ2v) is 9.82. The monoisotopic (exact) mass is 504 g/mol. The Balaban J connectivity index is 1.48. The van der Waals surface area contributed by atoms with Crippen molar-refractivity contribution in [3.05, 3.63) is 77.4 Å². The van der Waals surface area contributed by atoms with Gasteiger partial charge >= 0.3 is 5.97 Å². The molecule has 2 aromatic carbocycles. The molecule has 0 atom stereocenters. The van der Waals surface area contributed by atoms with Gasteiger partial charge in [0.25, 0.3) is 0 Å². The van der Waals surface area contributed by atoms with Crippen molar-refractivity contribution in [1.82, 2.24) is 9.97 Å². The molecule has 0 unspecified atom stereocenters. The van der Waals surface area contributed by atoms with E-state index in [-0.39, 0.29) is 11.3 Å². The summed E-state index contributed by atoms with van der Waals surface area (Å²) in [6, 6.07) is 11.8. The minimum absolute atomic E-state index is 0.157. The Kier molecular flexibility index (Phi) is 12.2. The molecule has 37 heavy (non-hydrogen) atoms. The SMILES string of the molecule is CCCCCCCCCCc1cnc(-c2ccc(OC(=O)c3ccc(CCCCC)cc3)cc2F)nc1. The van der Waals surface area contributed by atoms with Crippen LogP contribution in [0.4, 0.5) is 4.39 Å². The highest BCUT2D eigenvalue weighted by Crippen LogP contribution is 2.24. The van der Waals surface area contributed by atoms with Gasteiger partial charge in [-0.05, 0) is 61.1 Å². The lowest BCUT2D eigenvalue weighted by molar-refractivity contribution is 0.0734. The zero-order chi connectivity index (χ0) is 26.3. The van der Waals surface area contributed by atoms with Gasteiger partial charge in [0.05, 0.1) is 11.1 Å². The van der Waals surface area contributed by atoms with E-state index in [0.29, 0.717) is 11.4 Å². The van der Waals surface area contributed by atoms with Gasteiger partial charge in [0.1, 0.15) is 11.6 Å². The van der Waals surface area contributed by atoms with Gasteiger partial charge in [0.2, 0.25) is 0 Å². The number of rotatable bonds is 16. The van der Waals surface area contributed by atoms with Gasteiger partial charge < -0.3 is 4.74 Å². The maximum Gasteiger partial charge on any atom is 0.343 e. The number of hydrogen-bond donors (Lipinski definition) is 0. The van der Waals surface area contributed by atoms with Crippen molar-refractivity contribution in [3.63, 3.8) is 0 Å². The van der Waals surface area contributed by atoms with Crippen LogP contribution in [0.1, 0.15) is 106 Å². The standard InChI is InChI=1S/C32H41FN2O2/c1-3-5-7-8-9-10-11-13-15-26-23-34-31(35-24-26)29-21-20-28(22-30(29)33)37-32(36)27-18-16-25(17-19-27)14-12-6-4-2/h16-24H,3-15H2,1-2H3. The van der Waals surface area contributed by atoms with Gasteiger partial charge in [0.15, 0.2) is 5.82 Å². The van der Waals surface area contributed by atoms with Gasteiger partial charge in [-0.1, -0.05) is 83.8 Å². The van der Waals surface area contributed by atoms with Crippen molar-refractivity contribution in [2.24, 2.45) is 0 Å². The average Bonchev–Trinajstić information content (AvgIpc) is 2.91. The molecular weight excluding hydrogens is 463 g/mol. The van der Waals surface area contributed by atoms with Crippen molar-refractivity contribution in [2.45, 2.75) is 97.3 Å². The van der Waals surface area contributed by atoms with Crippen LogP contribution in [-0.4, -0.2) is 15.9 Å². The number of aromatic nitrogens is 2. The Hall–Kier alpha value is -3.08. The topological polar surface area (TPSA) is 52.1 Å². The molecule has 1 heterocycles. The van der Waals surface area contributed by atoms with E-state index < -0.39 is 11.8 Å². The van der Waals surface area contributed by atoms with E-state index in [1.54, 1.807) is 36.7 Å². The predicted molar refractivity (Wildman–Crippen MR) is 148 cm³/mol. The van der Waals surface area contributed by atoms with Crippen LogP contribution in [-0.2, 0) is 12.8 Å².